The molecule has 0 unspecified atom stereocenters. The third-order valence-corrected chi connectivity index (χ3v) is 1.05. The van der Waals surface area contributed by atoms with Crippen LogP contribution in [0.15, 0.2) is 0 Å². The molecule has 0 aromatic rings. The normalized spacial score (nSPS) is 14.8. The zero-order valence-electron chi connectivity index (χ0n) is 6.67. The molecule has 0 amide bonds. The molecule has 0 radical (unpaired) electrons. The van der Waals surface area contributed by atoms with Crippen LogP contribution in [0.5, 0.6) is 0 Å². The lowest BCUT2D eigenvalue weighted by atomic mass is 9.94. The molecule has 0 aliphatic heterocycles. The minimum absolute atomic E-state index is 2.55. The van der Waals surface area contributed by atoms with Gasteiger partial charge in [0.15, 0.2) is 0 Å². The van der Waals surface area contributed by atoms with Gasteiger partial charge in [0.25, 0.3) is 0 Å². The average molecular weight is 249 g/mol. The van der Waals surface area contributed by atoms with Crippen molar-refractivity contribution in [2.75, 3.05) is 6.51 Å². The number of halogens is 9. The lowest BCUT2D eigenvalue weighted by Gasteiger charge is -2.25. The summed E-state index contributed by atoms with van der Waals surface area (Å²) >= 11 is 0. The summed E-state index contributed by atoms with van der Waals surface area (Å²) in [5, 5.41) is 0. The summed E-state index contributed by atoms with van der Waals surface area (Å²) in [7, 11) is 0. The fourth-order valence-corrected chi connectivity index (χ4v) is 0.580. The fourth-order valence-electron chi connectivity index (χ4n) is 0.580. The molecule has 0 saturated heterocycles. The second kappa shape index (κ2) is 4.10. The van der Waals surface area contributed by atoms with Gasteiger partial charge in [-0.1, -0.05) is 0 Å². The summed E-state index contributed by atoms with van der Waals surface area (Å²) in [6.45, 7) is -8.41. The molecule has 15 heavy (non-hydrogen) atoms. The Hall–Kier alpha value is -0.605. The number of rotatable bonds is 3. The number of hydrogen-bond donors (Lipinski definition) is 0. The van der Waals surface area contributed by atoms with Crippen molar-refractivity contribution in [2.45, 2.75) is 18.5 Å². The lowest BCUT2D eigenvalue weighted by molar-refractivity contribution is -0.319. The smallest absolute Gasteiger partial charge is 0.447 e. The molecule has 0 bridgehead atoms. The van der Waals surface area contributed by atoms with Crippen LogP contribution >= 0.6 is 0 Å². The number of ether oxygens (including phenoxy) is 1. The van der Waals surface area contributed by atoms with Gasteiger partial charge in [-0.2, -0.15) is 26.3 Å². The molecule has 0 aromatic carbocycles. The third-order valence-electron chi connectivity index (χ3n) is 1.05. The van der Waals surface area contributed by atoms with Crippen molar-refractivity contribution < 1.29 is 44.0 Å². The highest BCUT2D eigenvalue weighted by Crippen LogP contribution is 2.36. The van der Waals surface area contributed by atoms with E-state index in [1.807, 2.05) is 0 Å². The van der Waals surface area contributed by atoms with Gasteiger partial charge < -0.3 is 17.7 Å². The first-order valence-electron chi connectivity index (χ1n) is 3.30. The standard InChI is InChI=1S/C4H3BF9O/c6-3(7,8)2(4(9,10)11)15-1-5(12,13)14/h2H,1H2/q-1. The van der Waals surface area contributed by atoms with E-state index in [0.717, 1.165) is 0 Å². The summed E-state index contributed by atoms with van der Waals surface area (Å²) in [5.74, 6) is 0. The predicted octanol–water partition coefficient (Wildman–Crippen LogP) is 2.88. The Balaban J connectivity index is 4.56. The van der Waals surface area contributed by atoms with E-state index in [1.54, 1.807) is 0 Å². The Bertz CT molecular complexity index is 188. The van der Waals surface area contributed by atoms with Crippen molar-refractivity contribution in [3.8, 4) is 0 Å². The minimum Gasteiger partial charge on any atom is -0.447 e. The van der Waals surface area contributed by atoms with Gasteiger partial charge in [0, 0.05) is 6.51 Å². The zero-order chi connectivity index (χ0) is 12.5. The molecule has 0 rings (SSSR count). The van der Waals surface area contributed by atoms with Crippen LogP contribution < -0.4 is 0 Å². The van der Waals surface area contributed by atoms with Crippen LogP contribution in [0.25, 0.3) is 0 Å². The quantitative estimate of drug-likeness (QED) is 0.551. The van der Waals surface area contributed by atoms with E-state index in [-0.39, 0.29) is 0 Å². The Kier molecular flexibility index (Phi) is 3.94. The van der Waals surface area contributed by atoms with Gasteiger partial charge in [-0.15, -0.1) is 0 Å². The van der Waals surface area contributed by atoms with Gasteiger partial charge in [0.2, 0.25) is 6.10 Å². The van der Waals surface area contributed by atoms with Crippen molar-refractivity contribution in [1.82, 2.24) is 0 Å². The van der Waals surface area contributed by atoms with Gasteiger partial charge in [-0.25, -0.2) is 0 Å². The molecule has 0 atom stereocenters. The van der Waals surface area contributed by atoms with Crippen molar-refractivity contribution in [1.29, 1.82) is 0 Å². The first kappa shape index (κ1) is 14.4. The lowest BCUT2D eigenvalue weighted by Crippen LogP contribution is -2.46. The zero-order valence-corrected chi connectivity index (χ0v) is 6.67. The summed E-state index contributed by atoms with van der Waals surface area (Å²) in [6, 6.07) is 0. The molecule has 0 aliphatic carbocycles. The van der Waals surface area contributed by atoms with Crippen LogP contribution in [0.2, 0.25) is 0 Å². The van der Waals surface area contributed by atoms with Gasteiger partial charge in [-0.3, -0.25) is 0 Å². The molecule has 0 aromatic heterocycles. The van der Waals surface area contributed by atoms with Gasteiger partial charge in [0.05, 0.1) is 0 Å². The maximum atomic E-state index is 11.6. The van der Waals surface area contributed by atoms with Crippen LogP contribution in [0.1, 0.15) is 0 Å². The molecule has 0 N–H and O–H groups in total. The Labute approximate surface area is 77.2 Å². The van der Waals surface area contributed by atoms with Gasteiger partial charge >= 0.3 is 19.3 Å². The Morgan fingerprint density at radius 2 is 1.20 bits per heavy atom. The maximum absolute atomic E-state index is 11.6. The van der Waals surface area contributed by atoms with Crippen molar-refractivity contribution in [3.63, 3.8) is 0 Å². The largest absolute Gasteiger partial charge is 0.503 e. The third kappa shape index (κ3) is 5.75. The van der Waals surface area contributed by atoms with E-state index in [0.29, 0.717) is 0 Å². The Morgan fingerprint density at radius 3 is 1.40 bits per heavy atom. The van der Waals surface area contributed by atoms with Gasteiger partial charge in [0.1, 0.15) is 0 Å². The molecule has 0 saturated carbocycles. The van der Waals surface area contributed by atoms with E-state index >= 15 is 0 Å². The molecule has 92 valence electrons. The molecule has 0 heterocycles. The van der Waals surface area contributed by atoms with Crippen molar-refractivity contribution >= 4 is 6.98 Å². The summed E-state index contributed by atoms with van der Waals surface area (Å²) in [4.78, 5) is 0. The van der Waals surface area contributed by atoms with Crippen LogP contribution in [0.3, 0.4) is 0 Å². The van der Waals surface area contributed by atoms with Crippen LogP contribution in [0.4, 0.5) is 39.3 Å². The maximum Gasteiger partial charge on any atom is 0.503 e. The predicted molar refractivity (Wildman–Crippen MR) is 30.9 cm³/mol. The molecular weight excluding hydrogens is 246 g/mol. The minimum atomic E-state index is -5.92. The molecule has 11 heteroatoms. The van der Waals surface area contributed by atoms with Crippen LogP contribution in [0, 0.1) is 0 Å². The number of alkyl halides is 6. The molecule has 1 nitrogen and oxygen atoms in total. The first-order valence-corrected chi connectivity index (χ1v) is 3.30. The Morgan fingerprint density at radius 1 is 0.867 bits per heavy atom. The van der Waals surface area contributed by atoms with E-state index < -0.39 is 31.9 Å². The highest BCUT2D eigenvalue weighted by molar-refractivity contribution is 6.58. The van der Waals surface area contributed by atoms with Crippen LogP contribution in [-0.4, -0.2) is 31.9 Å². The first-order chi connectivity index (χ1) is 6.34. The van der Waals surface area contributed by atoms with E-state index in [1.165, 1.54) is 0 Å². The van der Waals surface area contributed by atoms with E-state index in [2.05, 4.69) is 4.74 Å². The SMILES string of the molecule is F[B-](F)(F)COC(C(F)(F)F)C(F)(F)F. The van der Waals surface area contributed by atoms with Crippen LogP contribution in [-0.2, 0) is 4.74 Å². The van der Waals surface area contributed by atoms with E-state index in [9.17, 15) is 39.3 Å². The second-order valence-electron chi connectivity index (χ2n) is 2.51. The molecule has 0 fully saturated rings. The van der Waals surface area contributed by atoms with Gasteiger partial charge in [-0.05, 0) is 0 Å². The highest BCUT2D eigenvalue weighted by Gasteiger charge is 2.58. The summed E-state index contributed by atoms with van der Waals surface area (Å²) in [6.07, 6.45) is -16.2. The monoisotopic (exact) mass is 249 g/mol. The summed E-state index contributed by atoms with van der Waals surface area (Å²) < 4.78 is 106. The summed E-state index contributed by atoms with van der Waals surface area (Å²) in [5.41, 5.74) is 0. The van der Waals surface area contributed by atoms with Crippen molar-refractivity contribution in [2.24, 2.45) is 0 Å². The average Bonchev–Trinajstić information content (AvgIpc) is 1.75. The number of hydrogen-bond acceptors (Lipinski definition) is 1. The highest BCUT2D eigenvalue weighted by atomic mass is 19.4. The molecular formula is C4H3BF9O-. The molecule has 0 aliphatic rings. The topological polar surface area (TPSA) is 9.23 Å². The van der Waals surface area contributed by atoms with E-state index in [4.69, 9.17) is 0 Å². The second-order valence-corrected chi connectivity index (χ2v) is 2.51. The fraction of sp³-hybridized carbons (Fsp3) is 1.00. The van der Waals surface area contributed by atoms with Crippen molar-refractivity contribution in [3.05, 3.63) is 0 Å². The molecule has 0 spiro atoms.